The number of hydrogen-bond donors (Lipinski definition) is 2. The van der Waals surface area contributed by atoms with Crippen molar-refractivity contribution in [3.63, 3.8) is 0 Å². The van der Waals surface area contributed by atoms with Gasteiger partial charge in [-0.1, -0.05) is 43.5 Å². The van der Waals surface area contributed by atoms with E-state index >= 15 is 0 Å². The van der Waals surface area contributed by atoms with Crippen LogP contribution in [-0.4, -0.2) is 22.3 Å². The van der Waals surface area contributed by atoms with Crippen molar-refractivity contribution in [3.8, 4) is 0 Å². The molecule has 0 spiro atoms. The fourth-order valence-electron chi connectivity index (χ4n) is 4.27. The van der Waals surface area contributed by atoms with E-state index in [4.69, 9.17) is 0 Å². The van der Waals surface area contributed by atoms with E-state index in [0.29, 0.717) is 6.42 Å². The second kappa shape index (κ2) is 5.21. The molecule has 0 amide bonds. The molecule has 0 saturated heterocycles. The molecule has 3 rings (SSSR count). The van der Waals surface area contributed by atoms with Crippen molar-refractivity contribution in [3.05, 3.63) is 35.4 Å². The molecule has 1 fully saturated rings. The Morgan fingerprint density at radius 1 is 1.15 bits per heavy atom. The third kappa shape index (κ3) is 1.96. The molecule has 3 atom stereocenters. The van der Waals surface area contributed by atoms with E-state index in [9.17, 15) is 15.0 Å². The molecule has 1 aromatic carbocycles. The van der Waals surface area contributed by atoms with Gasteiger partial charge in [0.15, 0.2) is 0 Å². The molecule has 20 heavy (non-hydrogen) atoms. The van der Waals surface area contributed by atoms with Gasteiger partial charge in [0.2, 0.25) is 0 Å². The van der Waals surface area contributed by atoms with E-state index in [2.05, 4.69) is 0 Å². The van der Waals surface area contributed by atoms with Crippen molar-refractivity contribution in [2.24, 2.45) is 5.92 Å². The van der Waals surface area contributed by atoms with Gasteiger partial charge in [0.05, 0.1) is 11.5 Å². The fourth-order valence-corrected chi connectivity index (χ4v) is 4.27. The smallest absolute Gasteiger partial charge is 0.314 e. The van der Waals surface area contributed by atoms with Crippen LogP contribution in [0.4, 0.5) is 0 Å². The molecule has 2 aliphatic rings. The first-order valence-corrected chi connectivity index (χ1v) is 7.66. The number of carboxylic acids is 1. The third-order valence-corrected chi connectivity index (χ3v) is 5.28. The molecule has 2 aliphatic carbocycles. The molecular weight excluding hydrogens is 252 g/mol. The zero-order valence-corrected chi connectivity index (χ0v) is 11.7. The Hall–Kier alpha value is -1.35. The average molecular weight is 274 g/mol. The maximum atomic E-state index is 12.1. The summed E-state index contributed by atoms with van der Waals surface area (Å²) in [4.78, 5) is 12.1. The number of aliphatic hydroxyl groups excluding tert-OH is 1. The number of rotatable bonds is 2. The highest BCUT2D eigenvalue weighted by atomic mass is 16.4. The minimum Gasteiger partial charge on any atom is -0.481 e. The molecule has 1 saturated carbocycles. The molecule has 0 bridgehead atoms. The van der Waals surface area contributed by atoms with Gasteiger partial charge in [-0.2, -0.15) is 0 Å². The molecule has 3 nitrogen and oxygen atoms in total. The van der Waals surface area contributed by atoms with E-state index in [1.165, 1.54) is 0 Å². The first kappa shape index (κ1) is 13.6. The van der Waals surface area contributed by atoms with Crippen molar-refractivity contribution >= 4 is 5.97 Å². The minimum absolute atomic E-state index is 0.147. The lowest BCUT2D eigenvalue weighted by Crippen LogP contribution is -2.46. The van der Waals surface area contributed by atoms with Gasteiger partial charge in [0.1, 0.15) is 0 Å². The first-order valence-electron chi connectivity index (χ1n) is 7.66. The molecule has 1 aromatic rings. The topological polar surface area (TPSA) is 57.5 Å². The highest BCUT2D eigenvalue weighted by Gasteiger charge is 2.53. The van der Waals surface area contributed by atoms with Gasteiger partial charge in [-0.25, -0.2) is 0 Å². The second-order valence-electron chi connectivity index (χ2n) is 6.25. The van der Waals surface area contributed by atoms with Crippen LogP contribution in [0, 0.1) is 5.92 Å². The zero-order chi connectivity index (χ0) is 14.2. The van der Waals surface area contributed by atoms with Crippen LogP contribution in [-0.2, 0) is 16.6 Å². The zero-order valence-electron chi connectivity index (χ0n) is 11.7. The van der Waals surface area contributed by atoms with Crippen LogP contribution in [0.3, 0.4) is 0 Å². The molecule has 108 valence electrons. The Balaban J connectivity index is 2.07. The summed E-state index contributed by atoms with van der Waals surface area (Å²) in [5, 5.41) is 20.4. The fraction of sp³-hybridized carbons (Fsp3) is 0.588. The van der Waals surface area contributed by atoms with Gasteiger partial charge in [0, 0.05) is 5.92 Å². The highest BCUT2D eigenvalue weighted by molar-refractivity contribution is 5.84. The quantitative estimate of drug-likeness (QED) is 0.815. The Morgan fingerprint density at radius 3 is 2.70 bits per heavy atom. The van der Waals surface area contributed by atoms with Crippen LogP contribution in [0.1, 0.15) is 49.7 Å². The summed E-state index contributed by atoms with van der Waals surface area (Å²) in [5.41, 5.74) is 1.21. The largest absolute Gasteiger partial charge is 0.481 e. The van der Waals surface area contributed by atoms with E-state index < -0.39 is 17.5 Å². The maximum absolute atomic E-state index is 12.1. The summed E-state index contributed by atoms with van der Waals surface area (Å²) in [7, 11) is 0. The Morgan fingerprint density at radius 2 is 1.90 bits per heavy atom. The van der Waals surface area contributed by atoms with Crippen LogP contribution in [0.15, 0.2) is 24.3 Å². The lowest BCUT2D eigenvalue weighted by Gasteiger charge is -2.37. The third-order valence-electron chi connectivity index (χ3n) is 5.28. The van der Waals surface area contributed by atoms with Gasteiger partial charge >= 0.3 is 5.97 Å². The van der Waals surface area contributed by atoms with Gasteiger partial charge in [-0.05, 0) is 36.8 Å². The summed E-state index contributed by atoms with van der Waals surface area (Å²) in [5.74, 6) is -0.903. The number of hydrogen-bond acceptors (Lipinski definition) is 2. The highest BCUT2D eigenvalue weighted by Crippen LogP contribution is 2.49. The molecular formula is C17H22O3. The summed E-state index contributed by atoms with van der Waals surface area (Å²) in [6, 6.07) is 7.88. The predicted octanol–water partition coefficient (Wildman–Crippen LogP) is 2.90. The van der Waals surface area contributed by atoms with Gasteiger partial charge < -0.3 is 10.2 Å². The molecule has 0 heterocycles. The number of benzene rings is 1. The van der Waals surface area contributed by atoms with E-state index in [-0.39, 0.29) is 5.92 Å². The van der Waals surface area contributed by atoms with Crippen molar-refractivity contribution in [2.45, 2.75) is 56.5 Å². The van der Waals surface area contributed by atoms with E-state index in [1.54, 1.807) is 0 Å². The van der Waals surface area contributed by atoms with Gasteiger partial charge in [0.25, 0.3) is 0 Å². The lowest BCUT2D eigenvalue weighted by molar-refractivity contribution is -0.149. The molecule has 0 radical (unpaired) electrons. The summed E-state index contributed by atoms with van der Waals surface area (Å²) in [6.45, 7) is 0. The van der Waals surface area contributed by atoms with Crippen LogP contribution in [0.2, 0.25) is 0 Å². The summed E-state index contributed by atoms with van der Waals surface area (Å²) < 4.78 is 0. The standard InChI is InChI=1S/C17H22O3/c18-15-9-3-1-2-8-14(15)17(16(19)20)11-10-12-6-4-5-7-13(12)17/h4-7,14-15,18H,1-3,8-11H2,(H,19,20). The van der Waals surface area contributed by atoms with Crippen molar-refractivity contribution in [1.82, 2.24) is 0 Å². The van der Waals surface area contributed by atoms with Crippen molar-refractivity contribution in [1.29, 1.82) is 0 Å². The van der Waals surface area contributed by atoms with Crippen LogP contribution < -0.4 is 0 Å². The summed E-state index contributed by atoms with van der Waals surface area (Å²) in [6.07, 6.45) is 5.65. The monoisotopic (exact) mass is 274 g/mol. The van der Waals surface area contributed by atoms with Crippen molar-refractivity contribution in [2.75, 3.05) is 0 Å². The number of carboxylic acid groups (broad SMARTS) is 1. The predicted molar refractivity (Wildman–Crippen MR) is 76.7 cm³/mol. The lowest BCUT2D eigenvalue weighted by atomic mass is 9.67. The molecule has 0 aromatic heterocycles. The Bertz CT molecular complexity index is 511. The number of fused-ring (bicyclic) bond motifs is 1. The van der Waals surface area contributed by atoms with Crippen LogP contribution in [0.5, 0.6) is 0 Å². The number of carbonyl (C=O) groups is 1. The maximum Gasteiger partial charge on any atom is 0.314 e. The first-order chi connectivity index (χ1) is 9.66. The average Bonchev–Trinajstić information content (AvgIpc) is 2.70. The number of aliphatic hydroxyl groups is 1. The Labute approximate surface area is 119 Å². The normalized spacial score (nSPS) is 33.5. The van der Waals surface area contributed by atoms with E-state index in [1.807, 2.05) is 24.3 Å². The SMILES string of the molecule is O=C(O)C1(C2CCCCCC2O)CCc2ccccc21. The molecule has 2 N–H and O–H groups in total. The molecule has 0 aliphatic heterocycles. The molecule has 3 unspecified atom stereocenters. The second-order valence-corrected chi connectivity index (χ2v) is 6.25. The van der Waals surface area contributed by atoms with Gasteiger partial charge in [-0.3, -0.25) is 4.79 Å². The van der Waals surface area contributed by atoms with E-state index in [0.717, 1.165) is 49.7 Å². The number of aliphatic carboxylic acids is 1. The van der Waals surface area contributed by atoms with Crippen molar-refractivity contribution < 1.29 is 15.0 Å². The van der Waals surface area contributed by atoms with Crippen LogP contribution in [0.25, 0.3) is 0 Å². The number of aryl methyl sites for hydroxylation is 1. The van der Waals surface area contributed by atoms with Gasteiger partial charge in [-0.15, -0.1) is 0 Å². The Kier molecular flexibility index (Phi) is 3.55. The molecule has 3 heteroatoms. The summed E-state index contributed by atoms with van der Waals surface area (Å²) >= 11 is 0. The minimum atomic E-state index is -0.875. The van der Waals surface area contributed by atoms with Crippen LogP contribution >= 0.6 is 0 Å².